The van der Waals surface area contributed by atoms with Gasteiger partial charge in [0.1, 0.15) is 6.04 Å². The Labute approximate surface area is 121 Å². The van der Waals surface area contributed by atoms with E-state index in [0.717, 1.165) is 13.2 Å². The molecule has 0 radical (unpaired) electrons. The van der Waals surface area contributed by atoms with Crippen LogP contribution in [0.3, 0.4) is 0 Å². The number of nitrogens with zero attached hydrogens (tertiary/aromatic N) is 1. The van der Waals surface area contributed by atoms with Gasteiger partial charge in [-0.15, -0.1) is 12.4 Å². The second kappa shape index (κ2) is 7.51. The number of benzene rings is 1. The lowest BCUT2D eigenvalue weighted by molar-refractivity contribution is -0.385. The molecule has 1 rings (SSSR count). The molecule has 0 aliphatic rings. The fraction of sp³-hybridized carbons (Fsp3) is 0.364. The Morgan fingerprint density at radius 2 is 1.75 bits per heavy atom. The third-order valence-corrected chi connectivity index (χ3v) is 2.52. The lowest BCUT2D eigenvalue weighted by Gasteiger charge is -2.13. The van der Waals surface area contributed by atoms with Crippen molar-refractivity contribution in [1.82, 2.24) is 0 Å². The molecule has 112 valence electrons. The average Bonchev–Trinajstić information content (AvgIpc) is 2.43. The molecular weight excluding hydrogens is 292 g/mol. The number of esters is 1. The molecule has 0 unspecified atom stereocenters. The number of hydrogen-bond donors (Lipinski definition) is 1. The van der Waals surface area contributed by atoms with Crippen LogP contribution in [-0.4, -0.2) is 32.2 Å². The van der Waals surface area contributed by atoms with Crippen molar-refractivity contribution in [2.45, 2.75) is 6.04 Å². The summed E-state index contributed by atoms with van der Waals surface area (Å²) in [5.41, 5.74) is 5.28. The minimum Gasteiger partial charge on any atom is -0.493 e. The van der Waals surface area contributed by atoms with E-state index in [2.05, 4.69) is 4.74 Å². The lowest BCUT2D eigenvalue weighted by atomic mass is 10.0. The van der Waals surface area contributed by atoms with E-state index in [1.165, 1.54) is 20.3 Å². The topological polar surface area (TPSA) is 114 Å². The van der Waals surface area contributed by atoms with E-state index >= 15 is 0 Å². The molecule has 0 amide bonds. The van der Waals surface area contributed by atoms with Crippen LogP contribution >= 0.6 is 12.4 Å². The van der Waals surface area contributed by atoms with Crippen LogP contribution < -0.4 is 15.2 Å². The molecular formula is C11H15ClN2O6. The first kappa shape index (κ1) is 17.9. The molecule has 0 saturated heterocycles. The summed E-state index contributed by atoms with van der Waals surface area (Å²) >= 11 is 0. The zero-order valence-electron chi connectivity index (χ0n) is 11.1. The van der Waals surface area contributed by atoms with E-state index in [4.69, 9.17) is 15.2 Å². The number of carbonyl (C=O) groups is 1. The number of nitro benzene ring substituents is 1. The van der Waals surface area contributed by atoms with Crippen molar-refractivity contribution in [2.75, 3.05) is 21.3 Å². The molecule has 0 aliphatic heterocycles. The van der Waals surface area contributed by atoms with E-state index in [0.29, 0.717) is 0 Å². The monoisotopic (exact) mass is 306 g/mol. The maximum absolute atomic E-state index is 11.4. The highest BCUT2D eigenvalue weighted by Crippen LogP contribution is 2.36. The smallest absolute Gasteiger partial charge is 0.327 e. The molecule has 0 aliphatic carbocycles. The van der Waals surface area contributed by atoms with Gasteiger partial charge in [-0.2, -0.15) is 0 Å². The molecule has 0 heterocycles. The Bertz CT molecular complexity index is 508. The van der Waals surface area contributed by atoms with Gasteiger partial charge in [-0.1, -0.05) is 0 Å². The van der Waals surface area contributed by atoms with Gasteiger partial charge < -0.3 is 19.9 Å². The average molecular weight is 307 g/mol. The van der Waals surface area contributed by atoms with Crippen LogP contribution in [0.2, 0.25) is 0 Å². The van der Waals surface area contributed by atoms with Gasteiger partial charge in [0.05, 0.1) is 37.9 Å². The zero-order chi connectivity index (χ0) is 14.6. The van der Waals surface area contributed by atoms with Gasteiger partial charge in [0, 0.05) is 0 Å². The molecule has 0 bridgehead atoms. The number of carbonyl (C=O) groups excluding carboxylic acids is 1. The van der Waals surface area contributed by atoms with E-state index < -0.39 is 16.9 Å². The predicted molar refractivity (Wildman–Crippen MR) is 72.4 cm³/mol. The van der Waals surface area contributed by atoms with Crippen LogP contribution in [0.25, 0.3) is 0 Å². The van der Waals surface area contributed by atoms with Crippen molar-refractivity contribution in [3.05, 3.63) is 27.8 Å². The molecule has 2 N–H and O–H groups in total. The van der Waals surface area contributed by atoms with Crippen LogP contribution in [0.1, 0.15) is 11.6 Å². The Morgan fingerprint density at radius 1 is 1.25 bits per heavy atom. The molecule has 0 spiro atoms. The Hall–Kier alpha value is -2.06. The zero-order valence-corrected chi connectivity index (χ0v) is 11.9. The van der Waals surface area contributed by atoms with Gasteiger partial charge in [0.25, 0.3) is 5.69 Å². The first-order valence-corrected chi connectivity index (χ1v) is 5.20. The Morgan fingerprint density at radius 3 is 2.15 bits per heavy atom. The van der Waals surface area contributed by atoms with Gasteiger partial charge in [0.2, 0.25) is 0 Å². The van der Waals surface area contributed by atoms with E-state index in [1.807, 2.05) is 0 Å². The number of nitrogens with two attached hydrogens (primary N) is 1. The van der Waals surface area contributed by atoms with Gasteiger partial charge >= 0.3 is 5.97 Å². The summed E-state index contributed by atoms with van der Waals surface area (Å²) in [6.07, 6.45) is 0. The van der Waals surface area contributed by atoms with Crippen LogP contribution in [0.15, 0.2) is 12.1 Å². The molecule has 20 heavy (non-hydrogen) atoms. The first-order valence-electron chi connectivity index (χ1n) is 5.20. The van der Waals surface area contributed by atoms with Crippen molar-refractivity contribution < 1.29 is 23.9 Å². The van der Waals surface area contributed by atoms with Crippen LogP contribution in [0, 0.1) is 10.1 Å². The molecule has 0 fully saturated rings. The molecule has 1 atom stereocenters. The quantitative estimate of drug-likeness (QED) is 0.494. The minimum atomic E-state index is -1.27. The van der Waals surface area contributed by atoms with Crippen molar-refractivity contribution >= 4 is 24.1 Å². The highest BCUT2D eigenvalue weighted by molar-refractivity contribution is 5.85. The minimum absolute atomic E-state index is 0. The molecule has 9 heteroatoms. The number of hydrogen-bond acceptors (Lipinski definition) is 7. The molecule has 0 saturated carbocycles. The fourth-order valence-corrected chi connectivity index (χ4v) is 1.55. The second-order valence-electron chi connectivity index (χ2n) is 3.52. The first-order chi connectivity index (χ1) is 8.96. The van der Waals surface area contributed by atoms with E-state index in [-0.39, 0.29) is 35.2 Å². The number of methoxy groups -OCH3 is 3. The summed E-state index contributed by atoms with van der Waals surface area (Å²) in [6, 6.07) is 1.17. The summed E-state index contributed by atoms with van der Waals surface area (Å²) in [6.45, 7) is 0. The predicted octanol–water partition coefficient (Wildman–Crippen LogP) is 1.21. The van der Waals surface area contributed by atoms with E-state index in [9.17, 15) is 14.9 Å². The molecule has 1 aromatic rings. The highest BCUT2D eigenvalue weighted by Gasteiger charge is 2.28. The summed E-state index contributed by atoms with van der Waals surface area (Å²) in [4.78, 5) is 21.8. The number of ether oxygens (including phenoxy) is 3. The third kappa shape index (κ3) is 3.49. The largest absolute Gasteiger partial charge is 0.493 e. The van der Waals surface area contributed by atoms with Crippen LogP contribution in [-0.2, 0) is 9.53 Å². The second-order valence-corrected chi connectivity index (χ2v) is 3.52. The highest BCUT2D eigenvalue weighted by atomic mass is 35.5. The lowest BCUT2D eigenvalue weighted by Crippen LogP contribution is -2.23. The third-order valence-electron chi connectivity index (χ3n) is 2.52. The maximum atomic E-state index is 11.4. The molecule has 0 aromatic heterocycles. The van der Waals surface area contributed by atoms with E-state index in [1.54, 1.807) is 0 Å². The van der Waals surface area contributed by atoms with Gasteiger partial charge in [0.15, 0.2) is 11.5 Å². The summed E-state index contributed by atoms with van der Waals surface area (Å²) in [7, 11) is 3.87. The van der Waals surface area contributed by atoms with Crippen molar-refractivity contribution in [3.63, 3.8) is 0 Å². The summed E-state index contributed by atoms with van der Waals surface area (Å²) < 4.78 is 14.5. The van der Waals surface area contributed by atoms with Gasteiger partial charge in [-0.3, -0.25) is 10.1 Å². The Kier molecular flexibility index (Phi) is 6.74. The number of halogens is 1. The van der Waals surface area contributed by atoms with Crippen LogP contribution in [0.5, 0.6) is 11.5 Å². The number of nitro groups is 1. The van der Waals surface area contributed by atoms with Crippen molar-refractivity contribution in [3.8, 4) is 11.5 Å². The number of rotatable bonds is 5. The van der Waals surface area contributed by atoms with Crippen molar-refractivity contribution in [1.29, 1.82) is 0 Å². The van der Waals surface area contributed by atoms with Gasteiger partial charge in [-0.25, -0.2) is 4.79 Å². The van der Waals surface area contributed by atoms with Gasteiger partial charge in [-0.05, 0) is 6.07 Å². The standard InChI is InChI=1S/C11H14N2O6.ClH/c1-17-8-4-6(10(12)11(14)19-3)7(13(15)16)5-9(8)18-2;/h4-5,10H,12H2,1-3H3;1H/t10-;/m1./s1. The normalized spacial score (nSPS) is 11.0. The SMILES string of the molecule is COC(=O)[C@H](N)c1cc(OC)c(OC)cc1[N+](=O)[O-].Cl. The van der Waals surface area contributed by atoms with Crippen molar-refractivity contribution in [2.24, 2.45) is 5.73 Å². The fourth-order valence-electron chi connectivity index (χ4n) is 1.55. The summed E-state index contributed by atoms with van der Waals surface area (Å²) in [5.74, 6) is -0.368. The molecule has 1 aromatic carbocycles. The molecule has 8 nitrogen and oxygen atoms in total. The summed E-state index contributed by atoms with van der Waals surface area (Å²) in [5, 5.41) is 11.0. The Balaban J connectivity index is 0.00000361. The van der Waals surface area contributed by atoms with Crippen LogP contribution in [0.4, 0.5) is 5.69 Å². The maximum Gasteiger partial charge on any atom is 0.327 e.